The van der Waals surface area contributed by atoms with Crippen molar-refractivity contribution in [2.24, 2.45) is 5.84 Å². The number of nitrogens with two attached hydrogens (primary N) is 1. The van der Waals surface area contributed by atoms with Crippen LogP contribution in [0, 0.1) is 11.6 Å². The van der Waals surface area contributed by atoms with Crippen molar-refractivity contribution >= 4 is 6.03 Å². The maximum atomic E-state index is 13.1. The molecule has 2 amide bonds. The molecule has 0 saturated carbocycles. The first kappa shape index (κ1) is 11.4. The number of rotatable bonds is 3. The van der Waals surface area contributed by atoms with Gasteiger partial charge in [-0.1, -0.05) is 6.07 Å². The second-order valence-electron chi connectivity index (χ2n) is 2.89. The van der Waals surface area contributed by atoms with Crippen molar-refractivity contribution in [1.82, 2.24) is 10.7 Å². The fourth-order valence-electron chi connectivity index (χ4n) is 1.09. The average Bonchev–Trinajstić information content (AvgIpc) is 2.21. The van der Waals surface area contributed by atoms with Gasteiger partial charge in [0.25, 0.3) is 0 Å². The van der Waals surface area contributed by atoms with Crippen LogP contribution in [0.4, 0.5) is 13.6 Å². The molecule has 4 nitrogen and oxygen atoms in total. The molecule has 0 aliphatic rings. The fourth-order valence-corrected chi connectivity index (χ4v) is 1.09. The van der Waals surface area contributed by atoms with Gasteiger partial charge >= 0.3 is 6.03 Å². The second-order valence-corrected chi connectivity index (χ2v) is 2.89. The highest BCUT2D eigenvalue weighted by molar-refractivity contribution is 5.72. The van der Waals surface area contributed by atoms with Gasteiger partial charge in [0.15, 0.2) is 0 Å². The van der Waals surface area contributed by atoms with Crippen molar-refractivity contribution in [2.45, 2.75) is 6.42 Å². The van der Waals surface area contributed by atoms with Crippen molar-refractivity contribution in [3.8, 4) is 0 Å². The van der Waals surface area contributed by atoms with Gasteiger partial charge < -0.3 is 5.32 Å². The molecule has 82 valence electrons. The Morgan fingerprint density at radius 3 is 2.73 bits per heavy atom. The highest BCUT2D eigenvalue weighted by Crippen LogP contribution is 2.09. The summed E-state index contributed by atoms with van der Waals surface area (Å²) in [4.78, 5) is 10.6. The molecule has 0 bridgehead atoms. The predicted octanol–water partition coefficient (Wildman–Crippen LogP) is 0.680. The number of amides is 2. The minimum atomic E-state index is -0.621. The Bertz CT molecular complexity index is 357. The third kappa shape index (κ3) is 3.51. The highest BCUT2D eigenvalue weighted by Gasteiger charge is 2.03. The number of carbonyl (C=O) groups excluding carboxylic acids is 1. The molecular formula is C9H11F2N3O. The molecule has 0 atom stereocenters. The molecular weight excluding hydrogens is 204 g/mol. The minimum absolute atomic E-state index is 0.228. The standard InChI is InChI=1S/C9H11F2N3O/c10-7-2-1-6(8(11)5-7)3-4-13-9(15)14-12/h1-2,5H,3-4,12H2,(H2,13,14,15). The Balaban J connectivity index is 2.47. The van der Waals surface area contributed by atoms with E-state index in [0.717, 1.165) is 6.07 Å². The average molecular weight is 215 g/mol. The molecule has 6 heteroatoms. The molecule has 0 aromatic heterocycles. The molecule has 0 heterocycles. The summed E-state index contributed by atoms with van der Waals surface area (Å²) in [6, 6.07) is 2.77. The van der Waals surface area contributed by atoms with E-state index in [1.165, 1.54) is 12.1 Å². The summed E-state index contributed by atoms with van der Waals surface area (Å²) >= 11 is 0. The van der Waals surface area contributed by atoms with Crippen LogP contribution in [0.25, 0.3) is 0 Å². The fraction of sp³-hybridized carbons (Fsp3) is 0.222. The summed E-state index contributed by atoms with van der Waals surface area (Å²) in [5.74, 6) is 3.57. The normalized spacial score (nSPS) is 9.80. The summed E-state index contributed by atoms with van der Waals surface area (Å²) in [6.07, 6.45) is 0.277. The van der Waals surface area contributed by atoms with Gasteiger partial charge in [-0.25, -0.2) is 19.4 Å². The molecule has 1 aromatic rings. The molecule has 15 heavy (non-hydrogen) atoms. The number of hydrazine groups is 1. The van der Waals surface area contributed by atoms with E-state index in [4.69, 9.17) is 5.84 Å². The van der Waals surface area contributed by atoms with E-state index in [1.54, 1.807) is 0 Å². The summed E-state index contributed by atoms with van der Waals surface area (Å²) in [5.41, 5.74) is 2.21. The lowest BCUT2D eigenvalue weighted by Gasteiger charge is -2.05. The van der Waals surface area contributed by atoms with Crippen LogP contribution >= 0.6 is 0 Å². The highest BCUT2D eigenvalue weighted by atomic mass is 19.1. The van der Waals surface area contributed by atoms with E-state index in [2.05, 4.69) is 5.32 Å². The molecule has 0 aliphatic heterocycles. The number of halogens is 2. The van der Waals surface area contributed by atoms with E-state index in [0.29, 0.717) is 5.56 Å². The summed E-state index contributed by atoms with van der Waals surface area (Å²) in [6.45, 7) is 0.228. The van der Waals surface area contributed by atoms with E-state index in [1.807, 2.05) is 5.43 Å². The zero-order chi connectivity index (χ0) is 11.3. The number of urea groups is 1. The number of carbonyl (C=O) groups is 1. The lowest BCUT2D eigenvalue weighted by molar-refractivity contribution is 0.241. The number of benzene rings is 1. The van der Waals surface area contributed by atoms with Gasteiger partial charge in [-0.3, -0.25) is 5.43 Å². The lowest BCUT2D eigenvalue weighted by atomic mass is 10.1. The molecule has 0 saturated heterocycles. The zero-order valence-electron chi connectivity index (χ0n) is 7.89. The molecule has 0 unspecified atom stereocenters. The molecule has 0 aliphatic carbocycles. The third-order valence-electron chi connectivity index (χ3n) is 1.83. The zero-order valence-corrected chi connectivity index (χ0v) is 7.89. The van der Waals surface area contributed by atoms with E-state index in [-0.39, 0.29) is 13.0 Å². The van der Waals surface area contributed by atoms with Gasteiger partial charge in [0.1, 0.15) is 11.6 Å². The minimum Gasteiger partial charge on any atom is -0.337 e. The summed E-state index contributed by atoms with van der Waals surface area (Å²) in [7, 11) is 0. The van der Waals surface area contributed by atoms with Crippen LogP contribution in [0.3, 0.4) is 0 Å². The van der Waals surface area contributed by atoms with E-state index < -0.39 is 17.7 Å². The first-order chi connectivity index (χ1) is 7.13. The van der Waals surface area contributed by atoms with Crippen LogP contribution in [-0.4, -0.2) is 12.6 Å². The van der Waals surface area contributed by atoms with Gasteiger partial charge in [-0.05, 0) is 18.1 Å². The lowest BCUT2D eigenvalue weighted by Crippen LogP contribution is -2.40. The third-order valence-corrected chi connectivity index (χ3v) is 1.83. The van der Waals surface area contributed by atoms with Gasteiger partial charge in [-0.15, -0.1) is 0 Å². The smallest absolute Gasteiger partial charge is 0.328 e. The van der Waals surface area contributed by atoms with Crippen molar-refractivity contribution in [3.63, 3.8) is 0 Å². The predicted molar refractivity (Wildman–Crippen MR) is 50.8 cm³/mol. The Morgan fingerprint density at radius 2 is 2.13 bits per heavy atom. The van der Waals surface area contributed by atoms with Crippen molar-refractivity contribution < 1.29 is 13.6 Å². The Morgan fingerprint density at radius 1 is 1.40 bits per heavy atom. The van der Waals surface area contributed by atoms with Crippen LogP contribution in [0.5, 0.6) is 0 Å². The molecule has 4 N–H and O–H groups in total. The van der Waals surface area contributed by atoms with Crippen molar-refractivity contribution in [1.29, 1.82) is 0 Å². The number of hydrogen-bond acceptors (Lipinski definition) is 2. The summed E-state index contributed by atoms with van der Waals surface area (Å²) < 4.78 is 25.6. The first-order valence-electron chi connectivity index (χ1n) is 4.32. The van der Waals surface area contributed by atoms with Crippen molar-refractivity contribution in [2.75, 3.05) is 6.54 Å². The molecule has 1 aromatic carbocycles. The van der Waals surface area contributed by atoms with Crippen LogP contribution < -0.4 is 16.6 Å². The van der Waals surface area contributed by atoms with Gasteiger partial charge in [0.2, 0.25) is 0 Å². The molecule has 0 fully saturated rings. The van der Waals surface area contributed by atoms with Crippen LogP contribution in [0.15, 0.2) is 18.2 Å². The second kappa shape index (κ2) is 5.26. The van der Waals surface area contributed by atoms with Crippen LogP contribution in [0.1, 0.15) is 5.56 Å². The van der Waals surface area contributed by atoms with E-state index >= 15 is 0 Å². The van der Waals surface area contributed by atoms with Gasteiger partial charge in [-0.2, -0.15) is 0 Å². The SMILES string of the molecule is NNC(=O)NCCc1ccc(F)cc1F. The Labute approximate surface area is 85.4 Å². The van der Waals surface area contributed by atoms with Crippen molar-refractivity contribution in [3.05, 3.63) is 35.4 Å². The van der Waals surface area contributed by atoms with Gasteiger partial charge in [0, 0.05) is 12.6 Å². The van der Waals surface area contributed by atoms with Gasteiger partial charge in [0.05, 0.1) is 0 Å². The van der Waals surface area contributed by atoms with E-state index in [9.17, 15) is 13.6 Å². The Kier molecular flexibility index (Phi) is 3.99. The maximum Gasteiger partial charge on any atom is 0.328 e. The topological polar surface area (TPSA) is 67.1 Å². The summed E-state index contributed by atoms with van der Waals surface area (Å²) in [5, 5.41) is 2.39. The molecule has 0 spiro atoms. The number of nitrogens with one attached hydrogen (secondary N) is 2. The van der Waals surface area contributed by atoms with Crippen LogP contribution in [0.2, 0.25) is 0 Å². The Hall–Kier alpha value is -1.69. The number of hydrogen-bond donors (Lipinski definition) is 3. The largest absolute Gasteiger partial charge is 0.337 e. The molecule has 1 rings (SSSR count). The quantitative estimate of drug-likeness (QED) is 0.394. The first-order valence-corrected chi connectivity index (χ1v) is 4.32. The maximum absolute atomic E-state index is 13.1. The van der Waals surface area contributed by atoms with Crippen LogP contribution in [-0.2, 0) is 6.42 Å². The molecule has 0 radical (unpaired) electrons. The monoisotopic (exact) mass is 215 g/mol.